The zero-order chi connectivity index (χ0) is 19.8. The van der Waals surface area contributed by atoms with Crippen LogP contribution in [0.5, 0.6) is 0 Å². The third-order valence-electron chi connectivity index (χ3n) is 7.19. The summed E-state index contributed by atoms with van der Waals surface area (Å²) in [7, 11) is 0. The van der Waals surface area contributed by atoms with Gasteiger partial charge in [0.2, 0.25) is 0 Å². The molecule has 8 heteroatoms. The van der Waals surface area contributed by atoms with Gasteiger partial charge < -0.3 is 10.5 Å². The van der Waals surface area contributed by atoms with Gasteiger partial charge in [-0.2, -0.15) is 10.4 Å². The Morgan fingerprint density at radius 1 is 1.21 bits per heavy atom. The highest BCUT2D eigenvalue weighted by molar-refractivity contribution is 5.65. The molecule has 5 rings (SSSR count). The van der Waals surface area contributed by atoms with Crippen LogP contribution in [-0.4, -0.2) is 68.8 Å². The molecule has 2 N–H and O–H groups in total. The average molecular weight is 396 g/mol. The van der Waals surface area contributed by atoms with Crippen molar-refractivity contribution in [3.8, 4) is 6.07 Å². The average Bonchev–Trinajstić information content (AvgIpc) is 3.44. The minimum Gasteiger partial charge on any atom is -0.382 e. The first-order chi connectivity index (χ1) is 14.2. The normalized spacial score (nSPS) is 27.7. The van der Waals surface area contributed by atoms with E-state index in [-0.39, 0.29) is 12.2 Å². The van der Waals surface area contributed by atoms with Crippen LogP contribution in [0.15, 0.2) is 18.5 Å². The molecule has 3 fully saturated rings. The molecule has 3 aliphatic rings. The van der Waals surface area contributed by atoms with Gasteiger partial charge in [0, 0.05) is 25.2 Å². The molecule has 3 aliphatic heterocycles. The molecule has 0 bridgehead atoms. The number of fused-ring (bicyclic) bond motifs is 1. The Morgan fingerprint density at radius 2 is 2.07 bits per heavy atom. The van der Waals surface area contributed by atoms with E-state index in [1.807, 2.05) is 10.6 Å². The van der Waals surface area contributed by atoms with Gasteiger partial charge in [-0.1, -0.05) is 0 Å². The van der Waals surface area contributed by atoms with Crippen LogP contribution in [0.4, 0.5) is 5.82 Å². The molecule has 0 saturated carbocycles. The number of piperidine rings is 1. The van der Waals surface area contributed by atoms with Crippen molar-refractivity contribution in [2.45, 2.75) is 56.3 Å². The van der Waals surface area contributed by atoms with Gasteiger partial charge in [0.25, 0.3) is 0 Å². The third kappa shape index (κ3) is 3.37. The van der Waals surface area contributed by atoms with E-state index in [1.54, 1.807) is 0 Å². The van der Waals surface area contributed by atoms with Crippen LogP contribution in [0.2, 0.25) is 0 Å². The Balaban J connectivity index is 1.24. The van der Waals surface area contributed by atoms with Gasteiger partial charge >= 0.3 is 0 Å². The highest BCUT2D eigenvalue weighted by atomic mass is 16.5. The number of nitrogens with two attached hydrogens (primary N) is 1. The summed E-state index contributed by atoms with van der Waals surface area (Å²) in [6.45, 7) is 4.81. The van der Waals surface area contributed by atoms with Crippen molar-refractivity contribution in [1.82, 2.24) is 24.4 Å². The molecule has 2 aromatic heterocycles. The number of rotatable bonds is 4. The minimum atomic E-state index is 0.0628. The number of anilines is 1. The van der Waals surface area contributed by atoms with Crippen LogP contribution in [0, 0.1) is 11.3 Å². The second-order valence-electron chi connectivity index (χ2n) is 8.73. The summed E-state index contributed by atoms with van der Waals surface area (Å²) in [5.41, 5.74) is 8.20. The van der Waals surface area contributed by atoms with E-state index in [0.29, 0.717) is 17.9 Å². The predicted octanol–water partition coefficient (Wildman–Crippen LogP) is 1.99. The van der Waals surface area contributed by atoms with Gasteiger partial charge in [0.15, 0.2) is 5.82 Å². The fraction of sp³-hybridized carbons (Fsp3) is 0.667. The van der Waals surface area contributed by atoms with Crippen molar-refractivity contribution in [3.63, 3.8) is 0 Å². The summed E-state index contributed by atoms with van der Waals surface area (Å²) in [4.78, 5) is 9.05. The van der Waals surface area contributed by atoms with Gasteiger partial charge in [0.05, 0.1) is 24.4 Å². The summed E-state index contributed by atoms with van der Waals surface area (Å²) >= 11 is 0. The molecule has 0 radical (unpaired) electrons. The van der Waals surface area contributed by atoms with Crippen LogP contribution >= 0.6 is 0 Å². The molecular formula is C21H29N7O. The Labute approximate surface area is 171 Å². The number of ether oxygens (including phenoxy) is 1. The maximum atomic E-state index is 8.97. The van der Waals surface area contributed by atoms with E-state index in [4.69, 9.17) is 15.7 Å². The summed E-state index contributed by atoms with van der Waals surface area (Å²) in [6.07, 6.45) is 8.81. The molecule has 2 aromatic rings. The van der Waals surface area contributed by atoms with Crippen LogP contribution in [0.3, 0.4) is 0 Å². The van der Waals surface area contributed by atoms with Gasteiger partial charge in [-0.25, -0.2) is 9.50 Å². The van der Waals surface area contributed by atoms with Crippen molar-refractivity contribution in [1.29, 1.82) is 5.26 Å². The molecule has 8 nitrogen and oxygen atoms in total. The molecule has 0 aliphatic carbocycles. The number of aromatic nitrogens is 3. The molecule has 29 heavy (non-hydrogen) atoms. The third-order valence-corrected chi connectivity index (χ3v) is 7.19. The van der Waals surface area contributed by atoms with Crippen LogP contribution < -0.4 is 5.73 Å². The molecule has 2 atom stereocenters. The van der Waals surface area contributed by atoms with Gasteiger partial charge in [0.1, 0.15) is 17.9 Å². The lowest BCUT2D eigenvalue weighted by Crippen LogP contribution is -2.53. The molecule has 0 aromatic carbocycles. The molecule has 3 saturated heterocycles. The van der Waals surface area contributed by atoms with Crippen molar-refractivity contribution in [2.75, 3.05) is 38.5 Å². The van der Waals surface area contributed by atoms with Crippen molar-refractivity contribution in [3.05, 3.63) is 24.2 Å². The number of likely N-dealkylation sites (tertiary alicyclic amines) is 2. The zero-order valence-electron chi connectivity index (χ0n) is 16.8. The number of hydrogen-bond acceptors (Lipinski definition) is 7. The monoisotopic (exact) mass is 395 g/mol. The summed E-state index contributed by atoms with van der Waals surface area (Å²) in [5.74, 6) is 0.502. The molecule has 5 heterocycles. The number of nitrogen functional groups attached to an aromatic ring is 1. The van der Waals surface area contributed by atoms with E-state index in [9.17, 15) is 0 Å². The molecule has 154 valence electrons. The first-order valence-electron chi connectivity index (χ1n) is 10.8. The smallest absolute Gasteiger partial charge is 0.151 e. The molecule has 1 spiro atoms. The standard InChI is InChI=1S/C21H29N7O/c22-9-13-26-11-7-21(8-12-26)6-1-10-27(21)14-16-2-5-19(29-16)17-3-4-18-20(23)24-15-25-28(17)18/h3-4,15-16,19H,1-2,5-8,10-14H2,(H2,23,24,25)/t16?,19-/m1/s1. The lowest BCUT2D eigenvalue weighted by molar-refractivity contribution is -0.0134. The number of hydrogen-bond donors (Lipinski definition) is 1. The van der Waals surface area contributed by atoms with Gasteiger partial charge in [-0.05, 0) is 57.2 Å². The quantitative estimate of drug-likeness (QED) is 0.791. The molecule has 0 amide bonds. The molecular weight excluding hydrogens is 366 g/mol. The second-order valence-corrected chi connectivity index (χ2v) is 8.73. The van der Waals surface area contributed by atoms with Crippen molar-refractivity contribution >= 4 is 11.3 Å². The Hall–Kier alpha value is -2.21. The summed E-state index contributed by atoms with van der Waals surface area (Å²) < 4.78 is 8.36. The summed E-state index contributed by atoms with van der Waals surface area (Å²) in [6, 6.07) is 6.34. The first kappa shape index (κ1) is 18.8. The fourth-order valence-electron chi connectivity index (χ4n) is 5.59. The van der Waals surface area contributed by atoms with E-state index >= 15 is 0 Å². The Bertz CT molecular complexity index is 911. The van der Waals surface area contributed by atoms with Gasteiger partial charge in [-0.3, -0.25) is 9.80 Å². The number of nitriles is 1. The Morgan fingerprint density at radius 3 is 2.90 bits per heavy atom. The minimum absolute atomic E-state index is 0.0628. The topological polar surface area (TPSA) is 95.7 Å². The lowest BCUT2D eigenvalue weighted by atomic mass is 9.84. The lowest BCUT2D eigenvalue weighted by Gasteiger charge is -2.45. The van der Waals surface area contributed by atoms with Crippen molar-refractivity contribution in [2.24, 2.45) is 0 Å². The highest BCUT2D eigenvalue weighted by Crippen LogP contribution is 2.41. The van der Waals surface area contributed by atoms with Crippen LogP contribution in [0.1, 0.15) is 50.3 Å². The second kappa shape index (κ2) is 7.56. The van der Waals surface area contributed by atoms with E-state index in [0.717, 1.165) is 43.7 Å². The maximum absolute atomic E-state index is 8.97. The largest absolute Gasteiger partial charge is 0.382 e. The zero-order valence-corrected chi connectivity index (χ0v) is 16.8. The predicted molar refractivity (Wildman–Crippen MR) is 109 cm³/mol. The van der Waals surface area contributed by atoms with E-state index < -0.39 is 0 Å². The van der Waals surface area contributed by atoms with Crippen molar-refractivity contribution < 1.29 is 4.74 Å². The SMILES string of the molecule is N#CCN1CCC2(CCCN2CC2CC[C@H](c3ccc4c(N)ncnn34)O2)CC1. The first-order valence-corrected chi connectivity index (χ1v) is 10.8. The van der Waals surface area contributed by atoms with Gasteiger partial charge in [-0.15, -0.1) is 0 Å². The maximum Gasteiger partial charge on any atom is 0.151 e. The summed E-state index contributed by atoms with van der Waals surface area (Å²) in [5, 5.41) is 13.3. The van der Waals surface area contributed by atoms with Crippen LogP contribution in [0.25, 0.3) is 5.52 Å². The fourth-order valence-corrected chi connectivity index (χ4v) is 5.59. The Kier molecular flexibility index (Phi) is 4.90. The van der Waals surface area contributed by atoms with E-state index in [1.165, 1.54) is 38.6 Å². The highest BCUT2D eigenvalue weighted by Gasteiger charge is 2.44. The molecule has 1 unspecified atom stereocenters. The number of nitrogens with zero attached hydrogens (tertiary/aromatic N) is 6. The van der Waals surface area contributed by atoms with Crippen LogP contribution in [-0.2, 0) is 4.74 Å². The van der Waals surface area contributed by atoms with E-state index in [2.05, 4.69) is 32.0 Å².